The lowest BCUT2D eigenvalue weighted by atomic mass is 10.1. The second-order valence-corrected chi connectivity index (χ2v) is 5.84. The number of piperidine rings is 1. The number of halogens is 1. The molecule has 7 nitrogen and oxygen atoms in total. The number of hydrogen-bond acceptors (Lipinski definition) is 7. The van der Waals surface area contributed by atoms with Gasteiger partial charge in [-0.25, -0.2) is 4.39 Å². The average molecular weight is 344 g/mol. The van der Waals surface area contributed by atoms with Crippen LogP contribution in [-0.2, 0) is 0 Å². The fraction of sp³-hybridized carbons (Fsp3) is 0.353. The molecule has 0 radical (unpaired) electrons. The molecule has 8 heteroatoms. The Hall–Kier alpha value is -2.90. The minimum absolute atomic E-state index is 0.0751. The molecule has 0 spiro atoms. The van der Waals surface area contributed by atoms with Gasteiger partial charge in [0.05, 0.1) is 26.0 Å². The molecule has 0 N–H and O–H groups in total. The standard InChI is InChI=1S/C17H17FN4O3/c1-23-13-8-19-16(20-9-13)24-12-3-2-6-22(10-12)17-21-14-5-4-11(18)7-15(14)25-17/h4-5,7-9,12H,2-3,6,10H2,1H3. The van der Waals surface area contributed by atoms with Gasteiger partial charge in [-0.2, -0.15) is 15.0 Å². The van der Waals surface area contributed by atoms with Crippen LogP contribution in [0.4, 0.5) is 10.4 Å². The Bertz CT molecular complexity index is 868. The van der Waals surface area contributed by atoms with Crippen molar-refractivity contribution in [3.63, 3.8) is 0 Å². The number of oxazole rings is 1. The molecule has 0 aliphatic carbocycles. The van der Waals surface area contributed by atoms with Crippen LogP contribution >= 0.6 is 0 Å². The number of ether oxygens (including phenoxy) is 2. The highest BCUT2D eigenvalue weighted by Gasteiger charge is 2.25. The minimum Gasteiger partial charge on any atom is -0.494 e. The molecule has 3 aromatic rings. The lowest BCUT2D eigenvalue weighted by molar-refractivity contribution is 0.162. The number of nitrogens with zero attached hydrogens (tertiary/aromatic N) is 4. The van der Waals surface area contributed by atoms with Crippen molar-refractivity contribution in [3.8, 4) is 11.8 Å². The van der Waals surface area contributed by atoms with Crippen LogP contribution in [0.1, 0.15) is 12.8 Å². The zero-order valence-corrected chi connectivity index (χ0v) is 13.7. The second kappa shape index (κ2) is 6.54. The minimum atomic E-state index is -0.341. The van der Waals surface area contributed by atoms with Gasteiger partial charge >= 0.3 is 6.01 Å². The van der Waals surface area contributed by atoms with Crippen molar-refractivity contribution >= 4 is 17.1 Å². The van der Waals surface area contributed by atoms with E-state index in [1.54, 1.807) is 25.6 Å². The molecule has 3 heterocycles. The van der Waals surface area contributed by atoms with Gasteiger partial charge in [-0.05, 0) is 25.0 Å². The molecular weight excluding hydrogens is 327 g/mol. The number of hydrogen-bond donors (Lipinski definition) is 0. The van der Waals surface area contributed by atoms with E-state index in [9.17, 15) is 4.39 Å². The topological polar surface area (TPSA) is 73.5 Å². The first kappa shape index (κ1) is 15.6. The van der Waals surface area contributed by atoms with E-state index in [1.807, 2.05) is 4.90 Å². The molecular formula is C17H17FN4O3. The van der Waals surface area contributed by atoms with Crippen molar-refractivity contribution in [1.29, 1.82) is 0 Å². The lowest BCUT2D eigenvalue weighted by Crippen LogP contribution is -2.41. The summed E-state index contributed by atoms with van der Waals surface area (Å²) in [6, 6.07) is 5.12. The first-order valence-corrected chi connectivity index (χ1v) is 8.05. The lowest BCUT2D eigenvalue weighted by Gasteiger charge is -2.31. The zero-order valence-electron chi connectivity index (χ0n) is 13.7. The third-order valence-corrected chi connectivity index (χ3v) is 4.10. The normalized spacial score (nSPS) is 17.7. The highest BCUT2D eigenvalue weighted by molar-refractivity contribution is 5.74. The van der Waals surface area contributed by atoms with Crippen LogP contribution < -0.4 is 14.4 Å². The van der Waals surface area contributed by atoms with Crippen molar-refractivity contribution in [1.82, 2.24) is 15.0 Å². The summed E-state index contributed by atoms with van der Waals surface area (Å²) in [7, 11) is 1.56. The fourth-order valence-corrected chi connectivity index (χ4v) is 2.85. The van der Waals surface area contributed by atoms with Crippen LogP contribution in [0.5, 0.6) is 11.8 Å². The highest BCUT2D eigenvalue weighted by Crippen LogP contribution is 2.26. The molecule has 1 unspecified atom stereocenters. The van der Waals surface area contributed by atoms with E-state index >= 15 is 0 Å². The molecule has 1 aliphatic heterocycles. The first-order chi connectivity index (χ1) is 12.2. The summed E-state index contributed by atoms with van der Waals surface area (Å²) in [4.78, 5) is 14.7. The molecule has 0 saturated carbocycles. The maximum absolute atomic E-state index is 13.3. The number of rotatable bonds is 4. The van der Waals surface area contributed by atoms with Crippen LogP contribution in [0.3, 0.4) is 0 Å². The van der Waals surface area contributed by atoms with Gasteiger partial charge in [0.25, 0.3) is 6.01 Å². The van der Waals surface area contributed by atoms with E-state index in [0.717, 1.165) is 19.4 Å². The third kappa shape index (κ3) is 3.33. The zero-order chi connectivity index (χ0) is 17.2. The maximum atomic E-state index is 13.3. The van der Waals surface area contributed by atoms with Crippen LogP contribution in [0.25, 0.3) is 11.1 Å². The molecule has 1 aromatic carbocycles. The van der Waals surface area contributed by atoms with Gasteiger partial charge in [0.15, 0.2) is 11.3 Å². The molecule has 0 bridgehead atoms. The maximum Gasteiger partial charge on any atom is 0.316 e. The Morgan fingerprint density at radius 1 is 1.28 bits per heavy atom. The number of aromatic nitrogens is 3. The summed E-state index contributed by atoms with van der Waals surface area (Å²) in [5.41, 5.74) is 1.08. The van der Waals surface area contributed by atoms with Crippen LogP contribution in [-0.4, -0.2) is 41.3 Å². The molecule has 4 rings (SSSR count). The van der Waals surface area contributed by atoms with Gasteiger partial charge in [0.2, 0.25) is 0 Å². The van der Waals surface area contributed by atoms with Gasteiger partial charge in [-0.1, -0.05) is 0 Å². The molecule has 0 amide bonds. The van der Waals surface area contributed by atoms with Gasteiger partial charge in [-0.3, -0.25) is 0 Å². The second-order valence-electron chi connectivity index (χ2n) is 5.84. The van der Waals surface area contributed by atoms with E-state index < -0.39 is 0 Å². The average Bonchev–Trinajstić information content (AvgIpc) is 3.06. The number of benzene rings is 1. The van der Waals surface area contributed by atoms with Crippen LogP contribution in [0, 0.1) is 5.82 Å². The predicted octanol–water partition coefficient (Wildman–Crippen LogP) is 2.81. The summed E-state index contributed by atoms with van der Waals surface area (Å²) in [6.07, 6.45) is 4.87. The highest BCUT2D eigenvalue weighted by atomic mass is 19.1. The van der Waals surface area contributed by atoms with Crippen molar-refractivity contribution in [2.24, 2.45) is 0 Å². The van der Waals surface area contributed by atoms with Crippen LogP contribution in [0.2, 0.25) is 0 Å². The van der Waals surface area contributed by atoms with Gasteiger partial charge in [0.1, 0.15) is 17.4 Å². The summed E-state index contributed by atoms with van der Waals surface area (Å²) in [6.45, 7) is 1.41. The molecule has 2 aromatic heterocycles. The summed E-state index contributed by atoms with van der Waals surface area (Å²) in [5, 5.41) is 0. The third-order valence-electron chi connectivity index (χ3n) is 4.10. The van der Waals surface area contributed by atoms with Gasteiger partial charge in [0, 0.05) is 12.6 Å². The summed E-state index contributed by atoms with van der Waals surface area (Å²) >= 11 is 0. The largest absolute Gasteiger partial charge is 0.494 e. The Balaban J connectivity index is 1.47. The van der Waals surface area contributed by atoms with Crippen molar-refractivity contribution in [2.45, 2.75) is 18.9 Å². The van der Waals surface area contributed by atoms with Gasteiger partial charge < -0.3 is 18.8 Å². The predicted molar refractivity (Wildman–Crippen MR) is 88.4 cm³/mol. The fourth-order valence-electron chi connectivity index (χ4n) is 2.85. The van der Waals surface area contributed by atoms with Crippen molar-refractivity contribution < 1.29 is 18.3 Å². The number of anilines is 1. The van der Waals surface area contributed by atoms with E-state index in [1.165, 1.54) is 12.1 Å². The van der Waals surface area contributed by atoms with Gasteiger partial charge in [-0.15, -0.1) is 0 Å². The van der Waals surface area contributed by atoms with E-state index in [2.05, 4.69) is 15.0 Å². The van der Waals surface area contributed by atoms with Crippen LogP contribution in [0.15, 0.2) is 35.0 Å². The Kier molecular flexibility index (Phi) is 4.09. The Morgan fingerprint density at radius 3 is 2.92 bits per heavy atom. The Morgan fingerprint density at radius 2 is 2.12 bits per heavy atom. The SMILES string of the molecule is COc1cnc(OC2CCCN(c3nc4ccc(F)cc4o3)C2)nc1. The summed E-state index contributed by atoms with van der Waals surface area (Å²) in [5.74, 6) is 0.239. The molecule has 1 aliphatic rings. The molecule has 130 valence electrons. The number of fused-ring (bicyclic) bond motifs is 1. The first-order valence-electron chi connectivity index (χ1n) is 8.05. The molecule has 1 fully saturated rings. The van der Waals surface area contributed by atoms with Crippen molar-refractivity contribution in [3.05, 3.63) is 36.4 Å². The van der Waals surface area contributed by atoms with E-state index in [0.29, 0.717) is 35.4 Å². The molecule has 1 atom stereocenters. The molecule has 1 saturated heterocycles. The van der Waals surface area contributed by atoms with E-state index in [4.69, 9.17) is 13.9 Å². The quantitative estimate of drug-likeness (QED) is 0.720. The monoisotopic (exact) mass is 344 g/mol. The van der Waals surface area contributed by atoms with E-state index in [-0.39, 0.29) is 11.9 Å². The summed E-state index contributed by atoms with van der Waals surface area (Å²) < 4.78 is 29.9. The smallest absolute Gasteiger partial charge is 0.316 e. The molecule has 25 heavy (non-hydrogen) atoms. The number of methoxy groups -OCH3 is 1. The van der Waals surface area contributed by atoms with Crippen molar-refractivity contribution in [2.75, 3.05) is 25.1 Å². The Labute approximate surface area is 143 Å².